The molecule has 7 heteroatoms. The van der Waals surface area contributed by atoms with Crippen molar-refractivity contribution in [1.82, 2.24) is 5.01 Å². The van der Waals surface area contributed by atoms with Gasteiger partial charge in [-0.1, -0.05) is 37.0 Å². The summed E-state index contributed by atoms with van der Waals surface area (Å²) in [5.74, 6) is 2.30. The maximum absolute atomic E-state index is 6.44. The molecule has 0 aliphatic carbocycles. The second-order valence-corrected chi connectivity index (χ2v) is 8.12. The van der Waals surface area contributed by atoms with Gasteiger partial charge in [-0.2, -0.15) is 5.10 Å². The lowest BCUT2D eigenvalue weighted by Gasteiger charge is -2.40. The van der Waals surface area contributed by atoms with Crippen LogP contribution in [0.4, 0.5) is 0 Å². The van der Waals surface area contributed by atoms with Gasteiger partial charge in [-0.25, -0.2) is 5.01 Å². The molecule has 5 nitrogen and oxygen atoms in total. The van der Waals surface area contributed by atoms with Crippen molar-refractivity contribution >= 4 is 28.9 Å². The quantitative estimate of drug-likeness (QED) is 0.651. The van der Waals surface area contributed by atoms with E-state index in [1.165, 1.54) is 0 Å². The van der Waals surface area contributed by atoms with E-state index in [2.05, 4.69) is 13.8 Å². The molecular weight excluding hydrogens is 399 g/mol. The normalized spacial score (nSPS) is 20.4. The topological polar surface area (TPSA) is 43.3 Å². The molecule has 2 atom stereocenters. The number of benzene rings is 2. The zero-order valence-electron chi connectivity index (χ0n) is 16.2. The Labute approximate surface area is 174 Å². The van der Waals surface area contributed by atoms with Crippen molar-refractivity contribution in [2.75, 3.05) is 14.2 Å². The number of nitrogens with zero attached hydrogens (tertiary/aromatic N) is 2. The fraction of sp³-hybridized carbons (Fsp3) is 0.381. The van der Waals surface area contributed by atoms with Gasteiger partial charge in [-0.3, -0.25) is 0 Å². The summed E-state index contributed by atoms with van der Waals surface area (Å²) in [7, 11) is 3.25. The summed E-state index contributed by atoms with van der Waals surface area (Å²) in [6, 6.07) is 9.51. The molecule has 0 N–H and O–H groups in total. The molecule has 0 bridgehead atoms. The van der Waals surface area contributed by atoms with Crippen LogP contribution in [0, 0.1) is 5.92 Å². The van der Waals surface area contributed by atoms with Crippen molar-refractivity contribution in [1.29, 1.82) is 0 Å². The molecule has 0 fully saturated rings. The summed E-state index contributed by atoms with van der Waals surface area (Å²) in [5.41, 5.74) is 2.92. The van der Waals surface area contributed by atoms with Crippen LogP contribution in [0.3, 0.4) is 0 Å². The summed E-state index contributed by atoms with van der Waals surface area (Å²) < 4.78 is 17.0. The number of hydrazone groups is 1. The number of hydrogen-bond donors (Lipinski definition) is 0. The predicted molar refractivity (Wildman–Crippen MR) is 111 cm³/mol. The molecule has 148 valence electrons. The van der Waals surface area contributed by atoms with Gasteiger partial charge in [-0.15, -0.1) is 0 Å². The van der Waals surface area contributed by atoms with E-state index in [1.807, 2.05) is 29.3 Å². The fourth-order valence-corrected chi connectivity index (χ4v) is 4.33. The van der Waals surface area contributed by atoms with Crippen molar-refractivity contribution in [2.45, 2.75) is 32.5 Å². The number of methoxy groups -OCH3 is 2. The van der Waals surface area contributed by atoms with E-state index >= 15 is 0 Å². The summed E-state index contributed by atoms with van der Waals surface area (Å²) in [5, 5.41) is 8.08. The van der Waals surface area contributed by atoms with E-state index in [1.54, 1.807) is 20.3 Å². The number of hydrogen-bond acceptors (Lipinski definition) is 5. The second-order valence-electron chi connectivity index (χ2n) is 7.27. The molecule has 0 saturated heterocycles. The SMILES string of the molecule is COc1ccc(C2=NN3[C@H](C2)c2cc(Cl)cc(Cl)c2O[C@@H]3C(C)C)cc1OC. The van der Waals surface area contributed by atoms with Gasteiger partial charge in [0, 0.05) is 28.5 Å². The highest BCUT2D eigenvalue weighted by Crippen LogP contribution is 2.48. The fourth-order valence-electron chi connectivity index (χ4n) is 3.77. The number of halogens is 2. The minimum Gasteiger partial charge on any atom is -0.493 e. The Morgan fingerprint density at radius 2 is 1.86 bits per heavy atom. The van der Waals surface area contributed by atoms with E-state index in [0.717, 1.165) is 23.3 Å². The minimum absolute atomic E-state index is 0.0236. The van der Waals surface area contributed by atoms with E-state index in [0.29, 0.717) is 27.3 Å². The molecule has 2 aromatic rings. The summed E-state index contributed by atoms with van der Waals surface area (Å²) in [4.78, 5) is 0. The summed E-state index contributed by atoms with van der Waals surface area (Å²) >= 11 is 12.7. The highest BCUT2D eigenvalue weighted by atomic mass is 35.5. The first-order valence-electron chi connectivity index (χ1n) is 9.16. The number of rotatable bonds is 4. The first-order chi connectivity index (χ1) is 13.4. The maximum Gasteiger partial charge on any atom is 0.190 e. The average molecular weight is 421 g/mol. The summed E-state index contributed by atoms with van der Waals surface area (Å²) in [6.07, 6.45) is 0.528. The predicted octanol–water partition coefficient (Wildman–Crippen LogP) is 5.54. The zero-order chi connectivity index (χ0) is 20.0. The number of fused-ring (bicyclic) bond motifs is 3. The third-order valence-corrected chi connectivity index (χ3v) is 5.62. The largest absolute Gasteiger partial charge is 0.493 e. The van der Waals surface area contributed by atoms with Crippen LogP contribution >= 0.6 is 23.2 Å². The first-order valence-corrected chi connectivity index (χ1v) is 9.92. The Bertz CT molecular complexity index is 945. The van der Waals surface area contributed by atoms with Gasteiger partial charge in [0.2, 0.25) is 0 Å². The van der Waals surface area contributed by atoms with Crippen LogP contribution in [0.5, 0.6) is 17.2 Å². The Morgan fingerprint density at radius 1 is 1.11 bits per heavy atom. The van der Waals surface area contributed by atoms with E-state index in [-0.39, 0.29) is 18.2 Å². The third kappa shape index (κ3) is 3.16. The molecule has 2 aliphatic rings. The minimum atomic E-state index is -0.200. The Kier molecular flexibility index (Phi) is 5.06. The van der Waals surface area contributed by atoms with Gasteiger partial charge in [0.25, 0.3) is 0 Å². The lowest BCUT2D eigenvalue weighted by atomic mass is 9.95. The Morgan fingerprint density at radius 3 is 2.54 bits per heavy atom. The van der Waals surface area contributed by atoms with Crippen molar-refractivity contribution in [3.63, 3.8) is 0 Å². The van der Waals surface area contributed by atoms with Crippen molar-refractivity contribution in [2.24, 2.45) is 11.0 Å². The molecule has 28 heavy (non-hydrogen) atoms. The van der Waals surface area contributed by atoms with Crippen LogP contribution in [0.25, 0.3) is 0 Å². The number of ether oxygens (including phenoxy) is 3. The molecule has 0 spiro atoms. The molecule has 4 rings (SSSR count). The van der Waals surface area contributed by atoms with E-state index in [4.69, 9.17) is 42.5 Å². The average Bonchev–Trinajstić information content (AvgIpc) is 3.12. The molecule has 0 aromatic heterocycles. The monoisotopic (exact) mass is 420 g/mol. The molecular formula is C21H22Cl2N2O3. The molecule has 0 amide bonds. The van der Waals surface area contributed by atoms with Gasteiger partial charge in [0.1, 0.15) is 5.75 Å². The second kappa shape index (κ2) is 7.37. The lowest BCUT2D eigenvalue weighted by molar-refractivity contribution is -0.0460. The van der Waals surface area contributed by atoms with Gasteiger partial charge < -0.3 is 14.2 Å². The van der Waals surface area contributed by atoms with Crippen molar-refractivity contribution < 1.29 is 14.2 Å². The van der Waals surface area contributed by atoms with E-state index in [9.17, 15) is 0 Å². The molecule has 0 radical (unpaired) electrons. The highest BCUT2D eigenvalue weighted by Gasteiger charge is 2.42. The van der Waals surface area contributed by atoms with Crippen LogP contribution in [0.1, 0.15) is 37.4 Å². The standard InChI is InChI=1S/C21H22Cl2N2O3/c1-11(2)21-25-17(14-8-13(22)9-15(23)20(14)28-21)10-16(24-25)12-5-6-18(26-3)19(7-12)27-4/h5-9,11,17,21H,10H2,1-4H3/t17-,21-/m1/s1. The van der Waals surface area contributed by atoms with Crippen molar-refractivity contribution in [3.8, 4) is 17.2 Å². The zero-order valence-corrected chi connectivity index (χ0v) is 17.7. The lowest BCUT2D eigenvalue weighted by Crippen LogP contribution is -2.43. The summed E-state index contributed by atoms with van der Waals surface area (Å²) in [6.45, 7) is 4.22. The van der Waals surface area contributed by atoms with Gasteiger partial charge >= 0.3 is 0 Å². The van der Waals surface area contributed by atoms with Crippen LogP contribution in [-0.2, 0) is 0 Å². The van der Waals surface area contributed by atoms with Crippen LogP contribution in [0.15, 0.2) is 35.4 Å². The Hall–Kier alpha value is -2.11. The smallest absolute Gasteiger partial charge is 0.190 e. The van der Waals surface area contributed by atoms with Crippen LogP contribution in [0.2, 0.25) is 10.0 Å². The molecule has 0 saturated carbocycles. The third-order valence-electron chi connectivity index (χ3n) is 5.12. The van der Waals surface area contributed by atoms with E-state index < -0.39 is 0 Å². The van der Waals surface area contributed by atoms with Gasteiger partial charge in [0.05, 0.1) is 31.0 Å². The van der Waals surface area contributed by atoms with Gasteiger partial charge in [0.15, 0.2) is 17.7 Å². The highest BCUT2D eigenvalue weighted by molar-refractivity contribution is 6.35. The Balaban J connectivity index is 1.76. The molecule has 0 unspecified atom stereocenters. The van der Waals surface area contributed by atoms with Crippen molar-refractivity contribution in [3.05, 3.63) is 51.5 Å². The molecule has 2 heterocycles. The maximum atomic E-state index is 6.44. The molecule has 2 aliphatic heterocycles. The molecule has 2 aromatic carbocycles. The van der Waals surface area contributed by atoms with Crippen LogP contribution in [-0.4, -0.2) is 31.2 Å². The first kappa shape index (κ1) is 19.2. The van der Waals surface area contributed by atoms with Gasteiger partial charge in [-0.05, 0) is 30.3 Å². The van der Waals surface area contributed by atoms with Crippen LogP contribution < -0.4 is 14.2 Å².